The molecular weight excluding hydrogens is 148 g/mol. The van der Waals surface area contributed by atoms with Gasteiger partial charge in [-0.25, -0.2) is 0 Å². The fourth-order valence-corrected chi connectivity index (χ4v) is 2.12. The van der Waals surface area contributed by atoms with Gasteiger partial charge in [-0.2, -0.15) is 0 Å². The van der Waals surface area contributed by atoms with Gasteiger partial charge in [0.15, 0.2) is 0 Å². The number of rotatable bonds is 3. The summed E-state index contributed by atoms with van der Waals surface area (Å²) in [5.41, 5.74) is 0.480. The fraction of sp³-hybridized carbons (Fsp3) is 0.909. The lowest BCUT2D eigenvalue weighted by molar-refractivity contribution is -0.108. The van der Waals surface area contributed by atoms with Crippen molar-refractivity contribution in [1.29, 1.82) is 0 Å². The van der Waals surface area contributed by atoms with Crippen molar-refractivity contribution < 1.29 is 4.79 Å². The van der Waals surface area contributed by atoms with Crippen LogP contribution in [-0.2, 0) is 4.79 Å². The van der Waals surface area contributed by atoms with Gasteiger partial charge in [-0.15, -0.1) is 0 Å². The molecule has 0 atom stereocenters. The van der Waals surface area contributed by atoms with Gasteiger partial charge < -0.3 is 4.79 Å². The van der Waals surface area contributed by atoms with Crippen molar-refractivity contribution in [2.75, 3.05) is 0 Å². The van der Waals surface area contributed by atoms with Crippen LogP contribution in [0.5, 0.6) is 0 Å². The molecule has 0 spiro atoms. The van der Waals surface area contributed by atoms with Crippen LogP contribution in [-0.4, -0.2) is 6.29 Å². The van der Waals surface area contributed by atoms with E-state index in [1.165, 1.54) is 25.7 Å². The Morgan fingerprint density at radius 3 is 2.50 bits per heavy atom. The van der Waals surface area contributed by atoms with Gasteiger partial charge in [0.05, 0.1) is 0 Å². The Labute approximate surface area is 75.5 Å². The largest absolute Gasteiger partial charge is 0.303 e. The lowest BCUT2D eigenvalue weighted by atomic mass is 9.70. The molecule has 1 fully saturated rings. The predicted octanol–water partition coefficient (Wildman–Crippen LogP) is 3.18. The molecule has 12 heavy (non-hydrogen) atoms. The average molecular weight is 168 g/mol. The van der Waals surface area contributed by atoms with Crippen molar-refractivity contribution in [2.45, 2.75) is 52.4 Å². The lowest BCUT2D eigenvalue weighted by Crippen LogP contribution is -2.23. The molecule has 0 bridgehead atoms. The quantitative estimate of drug-likeness (QED) is 0.591. The summed E-state index contributed by atoms with van der Waals surface area (Å²) in [7, 11) is 0. The van der Waals surface area contributed by atoms with Crippen LogP contribution in [0, 0.1) is 11.3 Å². The molecule has 1 rings (SSSR count). The van der Waals surface area contributed by atoms with Crippen molar-refractivity contribution in [3.05, 3.63) is 0 Å². The number of carbonyl (C=O) groups is 1. The monoisotopic (exact) mass is 168 g/mol. The first-order chi connectivity index (χ1) is 5.66. The maximum absolute atomic E-state index is 10.3. The summed E-state index contributed by atoms with van der Waals surface area (Å²) >= 11 is 0. The minimum atomic E-state index is 0.480. The molecule has 1 aliphatic carbocycles. The molecule has 0 aliphatic heterocycles. The number of carbonyl (C=O) groups excluding carboxylic acids is 1. The van der Waals surface area contributed by atoms with Crippen molar-refractivity contribution in [3.63, 3.8) is 0 Å². The molecule has 0 aromatic carbocycles. The van der Waals surface area contributed by atoms with E-state index in [0.717, 1.165) is 25.0 Å². The maximum atomic E-state index is 10.3. The van der Waals surface area contributed by atoms with Crippen LogP contribution in [0.25, 0.3) is 0 Å². The molecule has 0 amide bonds. The molecule has 1 nitrogen and oxygen atoms in total. The third kappa shape index (κ3) is 2.62. The minimum Gasteiger partial charge on any atom is -0.303 e. The van der Waals surface area contributed by atoms with Gasteiger partial charge in [0.25, 0.3) is 0 Å². The molecular formula is C11H20O. The highest BCUT2D eigenvalue weighted by atomic mass is 16.1. The van der Waals surface area contributed by atoms with Crippen LogP contribution in [0.1, 0.15) is 52.4 Å². The predicted molar refractivity (Wildman–Crippen MR) is 51.0 cm³/mol. The van der Waals surface area contributed by atoms with Gasteiger partial charge in [0.1, 0.15) is 6.29 Å². The minimum absolute atomic E-state index is 0.480. The zero-order valence-corrected chi connectivity index (χ0v) is 8.31. The van der Waals surface area contributed by atoms with E-state index in [1.54, 1.807) is 0 Å². The Bertz CT molecular complexity index is 143. The van der Waals surface area contributed by atoms with E-state index in [0.29, 0.717) is 5.41 Å². The summed E-state index contributed by atoms with van der Waals surface area (Å²) in [5, 5.41) is 0. The second-order valence-electron chi connectivity index (χ2n) is 4.70. The van der Waals surface area contributed by atoms with E-state index in [-0.39, 0.29) is 0 Å². The fourth-order valence-electron chi connectivity index (χ4n) is 2.12. The van der Waals surface area contributed by atoms with Crippen LogP contribution in [0.4, 0.5) is 0 Å². The molecule has 0 saturated heterocycles. The van der Waals surface area contributed by atoms with E-state index in [4.69, 9.17) is 0 Å². The van der Waals surface area contributed by atoms with Crippen LogP contribution < -0.4 is 0 Å². The summed E-state index contributed by atoms with van der Waals surface area (Å²) in [6, 6.07) is 0. The van der Waals surface area contributed by atoms with Crippen molar-refractivity contribution in [1.82, 2.24) is 0 Å². The van der Waals surface area contributed by atoms with Gasteiger partial charge in [0, 0.05) is 6.42 Å². The second-order valence-corrected chi connectivity index (χ2v) is 4.70. The summed E-state index contributed by atoms with van der Waals surface area (Å²) in [6.45, 7) is 4.67. The molecule has 70 valence electrons. The van der Waals surface area contributed by atoms with Crippen LogP contribution >= 0.6 is 0 Å². The maximum Gasteiger partial charge on any atom is 0.120 e. The van der Waals surface area contributed by atoms with Gasteiger partial charge >= 0.3 is 0 Å². The topological polar surface area (TPSA) is 17.1 Å². The molecule has 0 heterocycles. The van der Waals surface area contributed by atoms with Crippen molar-refractivity contribution in [3.8, 4) is 0 Å². The average Bonchev–Trinajstić information content (AvgIpc) is 2.08. The molecule has 0 unspecified atom stereocenters. The normalized spacial score (nSPS) is 36.3. The highest BCUT2D eigenvalue weighted by molar-refractivity contribution is 5.49. The van der Waals surface area contributed by atoms with Gasteiger partial charge in [-0.1, -0.05) is 26.7 Å². The second kappa shape index (κ2) is 4.06. The standard InChI is InChI=1S/C11H20O/c1-10-4-7-11(2,8-5-10)6-3-9-12/h9-10H,3-8H2,1-2H3. The van der Waals surface area contributed by atoms with E-state index in [1.807, 2.05) is 0 Å². The third-order valence-electron chi connectivity index (χ3n) is 3.35. The molecule has 0 radical (unpaired) electrons. The third-order valence-corrected chi connectivity index (χ3v) is 3.35. The Balaban J connectivity index is 2.33. The SMILES string of the molecule is CC1CCC(C)(CCC=O)CC1. The Morgan fingerprint density at radius 2 is 2.00 bits per heavy atom. The molecule has 0 N–H and O–H groups in total. The van der Waals surface area contributed by atoms with E-state index in [9.17, 15) is 4.79 Å². The molecule has 1 saturated carbocycles. The highest BCUT2D eigenvalue weighted by Crippen LogP contribution is 2.41. The van der Waals surface area contributed by atoms with Crippen LogP contribution in [0.3, 0.4) is 0 Å². The smallest absolute Gasteiger partial charge is 0.120 e. The summed E-state index contributed by atoms with van der Waals surface area (Å²) in [6.07, 6.45) is 8.27. The van der Waals surface area contributed by atoms with Gasteiger partial charge in [0.2, 0.25) is 0 Å². The van der Waals surface area contributed by atoms with E-state index in [2.05, 4.69) is 13.8 Å². The van der Waals surface area contributed by atoms with Crippen molar-refractivity contribution >= 4 is 6.29 Å². The summed E-state index contributed by atoms with van der Waals surface area (Å²) < 4.78 is 0. The number of hydrogen-bond donors (Lipinski definition) is 0. The van der Waals surface area contributed by atoms with Gasteiger partial charge in [-0.05, 0) is 30.6 Å². The first-order valence-electron chi connectivity index (χ1n) is 5.10. The molecule has 0 aromatic heterocycles. The Hall–Kier alpha value is -0.330. The highest BCUT2D eigenvalue weighted by Gasteiger charge is 2.28. The van der Waals surface area contributed by atoms with Crippen LogP contribution in [0.2, 0.25) is 0 Å². The van der Waals surface area contributed by atoms with E-state index < -0.39 is 0 Å². The number of hydrogen-bond acceptors (Lipinski definition) is 1. The lowest BCUT2D eigenvalue weighted by Gasteiger charge is -2.36. The molecule has 0 aromatic rings. The summed E-state index contributed by atoms with van der Waals surface area (Å²) in [4.78, 5) is 10.3. The number of aldehydes is 1. The first-order valence-corrected chi connectivity index (χ1v) is 5.10. The zero-order chi connectivity index (χ0) is 9.03. The molecule has 1 heteroatoms. The van der Waals surface area contributed by atoms with E-state index >= 15 is 0 Å². The Morgan fingerprint density at radius 1 is 1.42 bits per heavy atom. The van der Waals surface area contributed by atoms with Crippen LogP contribution in [0.15, 0.2) is 0 Å². The zero-order valence-electron chi connectivity index (χ0n) is 8.31. The molecule has 1 aliphatic rings. The van der Waals surface area contributed by atoms with Gasteiger partial charge in [-0.3, -0.25) is 0 Å². The Kier molecular flexibility index (Phi) is 3.30. The first kappa shape index (κ1) is 9.76. The van der Waals surface area contributed by atoms with Crippen molar-refractivity contribution in [2.24, 2.45) is 11.3 Å². The summed E-state index contributed by atoms with van der Waals surface area (Å²) in [5.74, 6) is 0.911.